The predicted molar refractivity (Wildman–Crippen MR) is 108 cm³/mol. The number of hydrogen-bond donors (Lipinski definition) is 1. The van der Waals surface area contributed by atoms with Gasteiger partial charge in [0.2, 0.25) is 5.91 Å². The van der Waals surface area contributed by atoms with Crippen LogP contribution in [0.3, 0.4) is 0 Å². The zero-order chi connectivity index (χ0) is 19.7. The van der Waals surface area contributed by atoms with E-state index in [2.05, 4.69) is 5.32 Å². The minimum atomic E-state index is -3.63. The van der Waals surface area contributed by atoms with E-state index in [1.165, 1.54) is 4.31 Å². The Bertz CT molecular complexity index is 929. The fourth-order valence-corrected chi connectivity index (χ4v) is 4.81. The van der Waals surface area contributed by atoms with E-state index in [1.807, 2.05) is 45.0 Å². The molecule has 6 heteroatoms. The highest BCUT2D eigenvalue weighted by Gasteiger charge is 2.28. The van der Waals surface area contributed by atoms with Crippen molar-refractivity contribution < 1.29 is 13.2 Å². The molecule has 1 aliphatic rings. The average Bonchev–Trinajstić information content (AvgIpc) is 2.60. The number of benzene rings is 2. The van der Waals surface area contributed by atoms with Gasteiger partial charge in [-0.25, -0.2) is 8.42 Å². The Morgan fingerprint density at radius 1 is 1.07 bits per heavy atom. The molecular formula is C21H26N2O3S. The highest BCUT2D eigenvalue weighted by molar-refractivity contribution is 7.92. The van der Waals surface area contributed by atoms with Crippen LogP contribution in [0.15, 0.2) is 53.4 Å². The lowest BCUT2D eigenvalue weighted by Crippen LogP contribution is -2.35. The van der Waals surface area contributed by atoms with Crippen LogP contribution < -0.4 is 9.62 Å². The number of carbonyl (C=O) groups is 1. The maximum Gasteiger partial charge on any atom is 0.264 e. The normalized spacial score (nSPS) is 14.6. The SMILES string of the molecule is CC(C)(C)CC(=O)Nc1ccc(S(=O)(=O)N2CCCc3ccccc32)cc1. The number of fused-ring (bicyclic) bond motifs is 1. The van der Waals surface area contributed by atoms with Gasteiger partial charge < -0.3 is 5.32 Å². The van der Waals surface area contributed by atoms with Crippen molar-refractivity contribution >= 4 is 27.3 Å². The second-order valence-corrected chi connectivity index (χ2v) is 9.98. The molecule has 27 heavy (non-hydrogen) atoms. The number of nitrogens with zero attached hydrogens (tertiary/aromatic N) is 1. The van der Waals surface area contributed by atoms with Crippen molar-refractivity contribution in [2.24, 2.45) is 5.41 Å². The van der Waals surface area contributed by atoms with Gasteiger partial charge in [0.1, 0.15) is 0 Å². The monoisotopic (exact) mass is 386 g/mol. The average molecular weight is 387 g/mol. The summed E-state index contributed by atoms with van der Waals surface area (Å²) in [6.45, 7) is 6.47. The lowest BCUT2D eigenvalue weighted by atomic mass is 9.92. The predicted octanol–water partition coefficient (Wildman–Crippen LogP) is 4.20. The third kappa shape index (κ3) is 4.50. The molecule has 5 nitrogen and oxygen atoms in total. The minimum absolute atomic E-state index is 0.0805. The maximum atomic E-state index is 13.1. The molecule has 0 bridgehead atoms. The molecule has 1 amide bonds. The van der Waals surface area contributed by atoms with Crippen LogP contribution in [0.25, 0.3) is 0 Å². The van der Waals surface area contributed by atoms with E-state index in [-0.39, 0.29) is 16.2 Å². The summed E-state index contributed by atoms with van der Waals surface area (Å²) in [7, 11) is -3.63. The topological polar surface area (TPSA) is 66.5 Å². The summed E-state index contributed by atoms with van der Waals surface area (Å²) >= 11 is 0. The minimum Gasteiger partial charge on any atom is -0.326 e. The van der Waals surface area contributed by atoms with E-state index in [0.717, 1.165) is 24.1 Å². The zero-order valence-electron chi connectivity index (χ0n) is 16.0. The molecule has 1 N–H and O–H groups in total. The van der Waals surface area contributed by atoms with E-state index >= 15 is 0 Å². The quantitative estimate of drug-likeness (QED) is 0.856. The number of para-hydroxylation sites is 1. The van der Waals surface area contributed by atoms with E-state index < -0.39 is 10.0 Å². The Balaban J connectivity index is 1.80. The summed E-state index contributed by atoms with van der Waals surface area (Å²) in [4.78, 5) is 12.3. The lowest BCUT2D eigenvalue weighted by molar-refractivity contribution is -0.117. The van der Waals surface area contributed by atoms with Crippen LogP contribution in [0.5, 0.6) is 0 Å². The number of sulfonamides is 1. The molecule has 0 saturated carbocycles. The molecule has 0 fully saturated rings. The van der Waals surface area contributed by atoms with E-state index in [9.17, 15) is 13.2 Å². The van der Waals surface area contributed by atoms with Crippen LogP contribution in [-0.4, -0.2) is 20.9 Å². The van der Waals surface area contributed by atoms with Gasteiger partial charge in [-0.2, -0.15) is 0 Å². The lowest BCUT2D eigenvalue weighted by Gasteiger charge is -2.30. The number of hydrogen-bond acceptors (Lipinski definition) is 3. The van der Waals surface area contributed by atoms with Crippen LogP contribution in [0.4, 0.5) is 11.4 Å². The molecule has 0 atom stereocenters. The van der Waals surface area contributed by atoms with Gasteiger partial charge in [0, 0.05) is 18.7 Å². The van der Waals surface area contributed by atoms with Crippen LogP contribution in [-0.2, 0) is 21.2 Å². The first kappa shape index (κ1) is 19.4. The van der Waals surface area contributed by atoms with Crippen molar-refractivity contribution in [3.8, 4) is 0 Å². The zero-order valence-corrected chi connectivity index (χ0v) is 16.8. The summed E-state index contributed by atoms with van der Waals surface area (Å²) in [5, 5.41) is 2.82. The highest BCUT2D eigenvalue weighted by atomic mass is 32.2. The summed E-state index contributed by atoms with van der Waals surface area (Å²) < 4.78 is 27.7. The van der Waals surface area contributed by atoms with Gasteiger partial charge in [-0.05, 0) is 54.2 Å². The second-order valence-electron chi connectivity index (χ2n) is 8.12. The number of nitrogens with one attached hydrogen (secondary N) is 1. The van der Waals surface area contributed by atoms with E-state index in [1.54, 1.807) is 24.3 Å². The van der Waals surface area contributed by atoms with Gasteiger partial charge in [-0.3, -0.25) is 9.10 Å². The molecule has 0 radical (unpaired) electrons. The molecule has 0 unspecified atom stereocenters. The Morgan fingerprint density at radius 3 is 2.41 bits per heavy atom. The van der Waals surface area contributed by atoms with Gasteiger partial charge >= 0.3 is 0 Å². The highest BCUT2D eigenvalue weighted by Crippen LogP contribution is 2.32. The van der Waals surface area contributed by atoms with Gasteiger partial charge in [-0.15, -0.1) is 0 Å². The molecular weight excluding hydrogens is 360 g/mol. The molecule has 0 aliphatic carbocycles. The van der Waals surface area contributed by atoms with Crippen LogP contribution in [0, 0.1) is 5.41 Å². The number of rotatable bonds is 4. The molecule has 2 aromatic carbocycles. The smallest absolute Gasteiger partial charge is 0.264 e. The van der Waals surface area contributed by atoms with Crippen molar-refractivity contribution in [2.45, 2.75) is 44.9 Å². The molecule has 0 aromatic heterocycles. The number of aryl methyl sites for hydroxylation is 1. The molecule has 2 aromatic rings. The number of amides is 1. The molecule has 0 spiro atoms. The second kappa shape index (κ2) is 7.35. The fraction of sp³-hybridized carbons (Fsp3) is 0.381. The van der Waals surface area contributed by atoms with Crippen molar-refractivity contribution in [3.05, 3.63) is 54.1 Å². The van der Waals surface area contributed by atoms with Crippen molar-refractivity contribution in [3.63, 3.8) is 0 Å². The molecule has 3 rings (SSSR count). The van der Waals surface area contributed by atoms with Gasteiger partial charge in [0.15, 0.2) is 0 Å². The number of anilines is 2. The summed E-state index contributed by atoms with van der Waals surface area (Å²) in [5.74, 6) is -0.0805. The van der Waals surface area contributed by atoms with Gasteiger partial charge in [-0.1, -0.05) is 39.0 Å². The third-order valence-corrected chi connectivity index (χ3v) is 6.31. The molecule has 1 heterocycles. The first-order valence-corrected chi connectivity index (χ1v) is 10.6. The van der Waals surface area contributed by atoms with Crippen LogP contribution >= 0.6 is 0 Å². The Morgan fingerprint density at radius 2 is 1.74 bits per heavy atom. The Hall–Kier alpha value is -2.34. The largest absolute Gasteiger partial charge is 0.326 e. The summed E-state index contributed by atoms with van der Waals surface area (Å²) in [6, 6.07) is 14.0. The summed E-state index contributed by atoms with van der Waals surface area (Å²) in [6.07, 6.45) is 2.09. The Labute approximate surface area is 161 Å². The molecule has 144 valence electrons. The first-order chi connectivity index (χ1) is 12.7. The summed E-state index contributed by atoms with van der Waals surface area (Å²) in [5.41, 5.74) is 2.31. The van der Waals surface area contributed by atoms with E-state index in [0.29, 0.717) is 18.7 Å². The van der Waals surface area contributed by atoms with Crippen LogP contribution in [0.2, 0.25) is 0 Å². The molecule has 1 aliphatic heterocycles. The van der Waals surface area contributed by atoms with E-state index in [4.69, 9.17) is 0 Å². The van der Waals surface area contributed by atoms with Crippen LogP contribution in [0.1, 0.15) is 39.2 Å². The van der Waals surface area contributed by atoms with Gasteiger partial charge in [0.25, 0.3) is 10.0 Å². The third-order valence-electron chi connectivity index (χ3n) is 4.48. The Kier molecular flexibility index (Phi) is 5.29. The fourth-order valence-electron chi connectivity index (χ4n) is 3.27. The number of carbonyl (C=O) groups excluding carboxylic acids is 1. The first-order valence-electron chi connectivity index (χ1n) is 9.17. The standard InChI is InChI=1S/C21H26N2O3S/c1-21(2,3)15-20(24)22-17-10-12-18(13-11-17)27(25,26)23-14-6-8-16-7-4-5-9-19(16)23/h4-5,7,9-13H,6,8,14-15H2,1-3H3,(H,22,24). The molecule has 0 saturated heterocycles. The maximum absolute atomic E-state index is 13.1. The van der Waals surface area contributed by atoms with Crippen molar-refractivity contribution in [1.29, 1.82) is 0 Å². The van der Waals surface area contributed by atoms with Gasteiger partial charge in [0.05, 0.1) is 10.6 Å². The van der Waals surface area contributed by atoms with Crippen molar-refractivity contribution in [1.82, 2.24) is 0 Å². The van der Waals surface area contributed by atoms with Crippen molar-refractivity contribution in [2.75, 3.05) is 16.2 Å².